The van der Waals surface area contributed by atoms with Crippen LogP contribution in [0.25, 0.3) is 0 Å². The number of hydrogen-bond donors (Lipinski definition) is 2. The third kappa shape index (κ3) is 2.61. The van der Waals surface area contributed by atoms with Crippen LogP contribution in [0.15, 0.2) is 29.2 Å². The van der Waals surface area contributed by atoms with Crippen molar-refractivity contribution in [3.8, 4) is 5.75 Å². The van der Waals surface area contributed by atoms with Gasteiger partial charge in [-0.3, -0.25) is 0 Å². The number of phenolic OH excluding ortho intramolecular Hbond substituents is 1. The Morgan fingerprint density at radius 2 is 2.00 bits per heavy atom. The zero-order valence-electron chi connectivity index (χ0n) is 9.81. The summed E-state index contributed by atoms with van der Waals surface area (Å²) in [5.74, 6) is -0.209. The highest BCUT2D eigenvalue weighted by atomic mass is 32.2. The Balaban J connectivity index is 2.12. The van der Waals surface area contributed by atoms with Gasteiger partial charge in [-0.1, -0.05) is 25.5 Å². The lowest BCUT2D eigenvalue weighted by Crippen LogP contribution is -2.39. The first-order valence-electron chi connectivity index (χ1n) is 5.71. The number of para-hydroxylation sites is 1. The molecule has 94 valence electrons. The molecule has 17 heavy (non-hydrogen) atoms. The molecule has 4 nitrogen and oxygen atoms in total. The molecule has 0 heterocycles. The van der Waals surface area contributed by atoms with Gasteiger partial charge in [0.1, 0.15) is 10.6 Å². The van der Waals surface area contributed by atoms with Gasteiger partial charge in [-0.15, -0.1) is 0 Å². The third-order valence-corrected chi connectivity index (χ3v) is 4.85. The van der Waals surface area contributed by atoms with E-state index in [1.54, 1.807) is 12.1 Å². The molecule has 1 aromatic rings. The molecule has 0 bridgehead atoms. The van der Waals surface area contributed by atoms with Gasteiger partial charge in [-0.2, -0.15) is 0 Å². The Bertz CT molecular complexity index is 506. The van der Waals surface area contributed by atoms with Gasteiger partial charge < -0.3 is 5.11 Å². The fraction of sp³-hybridized carbons (Fsp3) is 0.500. The lowest BCUT2D eigenvalue weighted by Gasteiger charge is -2.38. The van der Waals surface area contributed by atoms with Crippen LogP contribution in [0.4, 0.5) is 0 Å². The molecule has 0 aliphatic heterocycles. The number of phenols is 1. The minimum Gasteiger partial charge on any atom is -0.507 e. The van der Waals surface area contributed by atoms with E-state index in [1.807, 2.05) is 0 Å². The van der Waals surface area contributed by atoms with Gasteiger partial charge in [-0.25, -0.2) is 13.1 Å². The molecular weight excluding hydrogens is 238 g/mol. The van der Waals surface area contributed by atoms with Crippen LogP contribution in [0.1, 0.15) is 26.2 Å². The standard InChI is InChI=1S/C12H17NO3S/c1-12(7-4-8-12)9-13-17(15,16)11-6-3-2-5-10(11)14/h2-3,5-6,13-14H,4,7-9H2,1H3. The van der Waals surface area contributed by atoms with E-state index in [1.165, 1.54) is 12.1 Å². The van der Waals surface area contributed by atoms with E-state index in [0.717, 1.165) is 19.3 Å². The maximum Gasteiger partial charge on any atom is 0.244 e. The van der Waals surface area contributed by atoms with Crippen LogP contribution in [0.5, 0.6) is 5.75 Å². The molecular formula is C12H17NO3S. The summed E-state index contributed by atoms with van der Waals surface area (Å²) in [5, 5.41) is 9.53. The summed E-state index contributed by atoms with van der Waals surface area (Å²) in [6.07, 6.45) is 3.27. The predicted octanol–water partition coefficient (Wildman–Crippen LogP) is 1.86. The van der Waals surface area contributed by atoms with Crippen LogP contribution < -0.4 is 4.72 Å². The molecule has 2 N–H and O–H groups in total. The van der Waals surface area contributed by atoms with Crippen LogP contribution >= 0.6 is 0 Å². The predicted molar refractivity (Wildman–Crippen MR) is 65.3 cm³/mol. The first kappa shape index (κ1) is 12.4. The number of hydrogen-bond acceptors (Lipinski definition) is 3. The Hall–Kier alpha value is -1.07. The highest BCUT2D eigenvalue weighted by Gasteiger charge is 2.33. The lowest BCUT2D eigenvalue weighted by atomic mass is 9.71. The van der Waals surface area contributed by atoms with E-state index in [9.17, 15) is 13.5 Å². The molecule has 0 aromatic heterocycles. The van der Waals surface area contributed by atoms with Crippen molar-refractivity contribution in [2.75, 3.05) is 6.54 Å². The summed E-state index contributed by atoms with van der Waals surface area (Å²) < 4.78 is 26.5. The van der Waals surface area contributed by atoms with Crippen LogP contribution in [0, 0.1) is 5.41 Å². The molecule has 2 rings (SSSR count). The second-order valence-electron chi connectivity index (χ2n) is 4.96. The van der Waals surface area contributed by atoms with Crippen LogP contribution in [0.3, 0.4) is 0 Å². The van der Waals surface area contributed by atoms with E-state index in [2.05, 4.69) is 11.6 Å². The van der Waals surface area contributed by atoms with Crippen molar-refractivity contribution in [3.05, 3.63) is 24.3 Å². The molecule has 1 saturated carbocycles. The zero-order valence-corrected chi connectivity index (χ0v) is 10.6. The summed E-state index contributed by atoms with van der Waals surface area (Å²) in [6, 6.07) is 5.97. The van der Waals surface area contributed by atoms with Crippen molar-refractivity contribution in [1.29, 1.82) is 0 Å². The molecule has 0 atom stereocenters. The van der Waals surface area contributed by atoms with Gasteiger partial charge in [0.15, 0.2) is 0 Å². The summed E-state index contributed by atoms with van der Waals surface area (Å²) >= 11 is 0. The first-order chi connectivity index (χ1) is 7.93. The van der Waals surface area contributed by atoms with Crippen molar-refractivity contribution in [2.45, 2.75) is 31.1 Å². The van der Waals surface area contributed by atoms with Crippen LogP contribution in [-0.2, 0) is 10.0 Å². The van der Waals surface area contributed by atoms with Gasteiger partial charge >= 0.3 is 0 Å². The topological polar surface area (TPSA) is 66.4 Å². The number of rotatable bonds is 4. The van der Waals surface area contributed by atoms with E-state index in [4.69, 9.17) is 0 Å². The lowest BCUT2D eigenvalue weighted by molar-refractivity contribution is 0.166. The molecule has 1 aliphatic carbocycles. The smallest absolute Gasteiger partial charge is 0.244 e. The monoisotopic (exact) mass is 255 g/mol. The number of sulfonamides is 1. The molecule has 1 aliphatic rings. The SMILES string of the molecule is CC1(CNS(=O)(=O)c2ccccc2O)CCC1. The average Bonchev–Trinajstić information content (AvgIpc) is 2.24. The zero-order chi connectivity index (χ0) is 12.5. The molecule has 0 saturated heterocycles. The van der Waals surface area contributed by atoms with Gasteiger partial charge in [-0.05, 0) is 30.4 Å². The first-order valence-corrected chi connectivity index (χ1v) is 7.19. The second-order valence-corrected chi connectivity index (χ2v) is 6.69. The molecule has 0 spiro atoms. The maximum absolute atomic E-state index is 12.0. The molecule has 1 aromatic carbocycles. The van der Waals surface area contributed by atoms with Gasteiger partial charge in [0.25, 0.3) is 0 Å². The van der Waals surface area contributed by atoms with Crippen LogP contribution in [-0.4, -0.2) is 20.1 Å². The minimum absolute atomic E-state index is 0.0528. The molecule has 1 fully saturated rings. The van der Waals surface area contributed by atoms with Gasteiger partial charge in [0.05, 0.1) is 0 Å². The van der Waals surface area contributed by atoms with E-state index in [0.29, 0.717) is 6.54 Å². The molecule has 0 amide bonds. The van der Waals surface area contributed by atoms with Gasteiger partial charge in [0.2, 0.25) is 10.0 Å². The highest BCUT2D eigenvalue weighted by Crippen LogP contribution is 2.39. The maximum atomic E-state index is 12.0. The summed E-state index contributed by atoms with van der Waals surface area (Å²) in [7, 11) is -3.60. The van der Waals surface area contributed by atoms with Crippen LogP contribution in [0.2, 0.25) is 0 Å². The Labute approximate surface area is 102 Å². The number of aromatic hydroxyl groups is 1. The van der Waals surface area contributed by atoms with E-state index >= 15 is 0 Å². The van der Waals surface area contributed by atoms with Crippen molar-refractivity contribution < 1.29 is 13.5 Å². The van der Waals surface area contributed by atoms with Crippen molar-refractivity contribution >= 4 is 10.0 Å². The van der Waals surface area contributed by atoms with Crippen molar-refractivity contribution in [3.63, 3.8) is 0 Å². The largest absolute Gasteiger partial charge is 0.507 e. The number of nitrogens with one attached hydrogen (secondary N) is 1. The highest BCUT2D eigenvalue weighted by molar-refractivity contribution is 7.89. The van der Waals surface area contributed by atoms with Crippen molar-refractivity contribution in [1.82, 2.24) is 4.72 Å². The summed E-state index contributed by atoms with van der Waals surface area (Å²) in [5.41, 5.74) is 0.0808. The molecule has 5 heteroatoms. The Morgan fingerprint density at radius 3 is 2.53 bits per heavy atom. The van der Waals surface area contributed by atoms with Gasteiger partial charge in [0, 0.05) is 6.54 Å². The number of benzene rings is 1. The Kier molecular flexibility index (Phi) is 3.14. The second kappa shape index (κ2) is 4.31. The fourth-order valence-electron chi connectivity index (χ4n) is 1.99. The van der Waals surface area contributed by atoms with E-state index < -0.39 is 10.0 Å². The average molecular weight is 255 g/mol. The normalized spacial score (nSPS) is 18.6. The van der Waals surface area contributed by atoms with E-state index in [-0.39, 0.29) is 16.1 Å². The Morgan fingerprint density at radius 1 is 1.35 bits per heavy atom. The summed E-state index contributed by atoms with van der Waals surface area (Å²) in [4.78, 5) is -0.0528. The third-order valence-electron chi connectivity index (χ3n) is 3.40. The minimum atomic E-state index is -3.60. The fourth-order valence-corrected chi connectivity index (χ4v) is 3.28. The summed E-state index contributed by atoms with van der Waals surface area (Å²) in [6.45, 7) is 2.51. The van der Waals surface area contributed by atoms with Crippen molar-refractivity contribution in [2.24, 2.45) is 5.41 Å². The molecule has 0 unspecified atom stereocenters. The molecule has 0 radical (unpaired) electrons. The quantitative estimate of drug-likeness (QED) is 0.863.